The normalized spacial score (nSPS) is 13.5. The molecule has 1 aromatic carbocycles. The van der Waals surface area contributed by atoms with Gasteiger partial charge in [-0.1, -0.05) is 0 Å². The molecule has 0 amide bonds. The molecule has 19 heavy (non-hydrogen) atoms. The van der Waals surface area contributed by atoms with Crippen LogP contribution in [0.4, 0.5) is 5.69 Å². The monoisotopic (exact) mass is 267 g/mol. The van der Waals surface area contributed by atoms with Crippen LogP contribution in [0.1, 0.15) is 13.8 Å². The van der Waals surface area contributed by atoms with Crippen LogP contribution in [0.15, 0.2) is 24.3 Å². The second kappa shape index (κ2) is 6.99. The third kappa shape index (κ3) is 4.13. The van der Waals surface area contributed by atoms with Crippen molar-refractivity contribution in [1.29, 1.82) is 0 Å². The van der Waals surface area contributed by atoms with Crippen LogP contribution in [0.5, 0.6) is 5.75 Å². The van der Waals surface area contributed by atoms with Crippen molar-refractivity contribution >= 4 is 11.7 Å². The highest BCUT2D eigenvalue weighted by atomic mass is 16.5. The number of anilines is 1. The Bertz CT molecular complexity index is 404. The standard InChI is InChI=1S/C14H21NO4/c1-5-19-13(16)14(2,10-17-3)15-11-6-8-12(18-4)9-7-11/h6-9,15H,5,10H2,1-4H3. The lowest BCUT2D eigenvalue weighted by Gasteiger charge is -2.28. The number of nitrogens with one attached hydrogen (secondary N) is 1. The summed E-state index contributed by atoms with van der Waals surface area (Å²) < 4.78 is 15.3. The molecule has 0 heterocycles. The van der Waals surface area contributed by atoms with Gasteiger partial charge in [0.05, 0.1) is 20.3 Å². The fourth-order valence-electron chi connectivity index (χ4n) is 1.72. The summed E-state index contributed by atoms with van der Waals surface area (Å²) in [6.45, 7) is 4.08. The molecule has 106 valence electrons. The molecule has 0 radical (unpaired) electrons. The molecule has 0 spiro atoms. The molecule has 1 N–H and O–H groups in total. The Morgan fingerprint density at radius 3 is 2.37 bits per heavy atom. The maximum absolute atomic E-state index is 12.0. The first-order valence-electron chi connectivity index (χ1n) is 6.14. The largest absolute Gasteiger partial charge is 0.497 e. The third-order valence-corrected chi connectivity index (χ3v) is 2.67. The number of carbonyl (C=O) groups is 1. The minimum Gasteiger partial charge on any atom is -0.497 e. The highest BCUT2D eigenvalue weighted by Gasteiger charge is 2.34. The van der Waals surface area contributed by atoms with Crippen molar-refractivity contribution in [3.05, 3.63) is 24.3 Å². The summed E-state index contributed by atoms with van der Waals surface area (Å²) in [7, 11) is 3.16. The van der Waals surface area contributed by atoms with Crippen molar-refractivity contribution in [1.82, 2.24) is 0 Å². The summed E-state index contributed by atoms with van der Waals surface area (Å²) in [5.74, 6) is 0.419. The maximum Gasteiger partial charge on any atom is 0.333 e. The van der Waals surface area contributed by atoms with E-state index >= 15 is 0 Å². The number of methoxy groups -OCH3 is 2. The van der Waals surface area contributed by atoms with Crippen molar-refractivity contribution in [3.63, 3.8) is 0 Å². The highest BCUT2D eigenvalue weighted by Crippen LogP contribution is 2.20. The van der Waals surface area contributed by atoms with Gasteiger partial charge in [-0.05, 0) is 38.1 Å². The lowest BCUT2D eigenvalue weighted by atomic mass is 10.0. The molecule has 1 unspecified atom stereocenters. The number of rotatable bonds is 7. The average molecular weight is 267 g/mol. The molecule has 0 fully saturated rings. The Morgan fingerprint density at radius 2 is 1.89 bits per heavy atom. The molecule has 0 aliphatic rings. The van der Waals surface area contributed by atoms with Crippen LogP contribution in [-0.4, -0.2) is 38.9 Å². The molecule has 5 heteroatoms. The summed E-state index contributed by atoms with van der Waals surface area (Å²) in [5.41, 5.74) is -0.118. The molecule has 0 bridgehead atoms. The van der Waals surface area contributed by atoms with Crippen LogP contribution in [-0.2, 0) is 14.3 Å². The Kier molecular flexibility index (Phi) is 5.63. The summed E-state index contributed by atoms with van der Waals surface area (Å²) in [6.07, 6.45) is 0. The van der Waals surface area contributed by atoms with Gasteiger partial charge < -0.3 is 19.5 Å². The minimum absolute atomic E-state index is 0.220. The predicted octanol–water partition coefficient (Wildman–Crippen LogP) is 2.08. The number of benzene rings is 1. The second-order valence-corrected chi connectivity index (χ2v) is 4.34. The smallest absolute Gasteiger partial charge is 0.333 e. The first-order chi connectivity index (χ1) is 9.05. The van der Waals surface area contributed by atoms with Crippen LogP contribution < -0.4 is 10.1 Å². The fourth-order valence-corrected chi connectivity index (χ4v) is 1.72. The lowest BCUT2D eigenvalue weighted by molar-refractivity contribution is -0.149. The van der Waals surface area contributed by atoms with E-state index in [4.69, 9.17) is 14.2 Å². The van der Waals surface area contributed by atoms with Crippen molar-refractivity contribution in [2.75, 3.05) is 32.8 Å². The van der Waals surface area contributed by atoms with Gasteiger partial charge in [0.2, 0.25) is 0 Å². The Labute approximate surface area is 113 Å². The van der Waals surface area contributed by atoms with Crippen molar-refractivity contribution < 1.29 is 19.0 Å². The molecule has 0 saturated heterocycles. The van der Waals surface area contributed by atoms with Gasteiger partial charge in [-0.25, -0.2) is 4.79 Å². The van der Waals surface area contributed by atoms with Gasteiger partial charge in [-0.3, -0.25) is 0 Å². The summed E-state index contributed by atoms with van der Waals surface area (Å²) >= 11 is 0. The van der Waals surface area contributed by atoms with Gasteiger partial charge >= 0.3 is 5.97 Å². The van der Waals surface area contributed by atoms with E-state index in [0.29, 0.717) is 6.61 Å². The Morgan fingerprint density at radius 1 is 1.26 bits per heavy atom. The zero-order valence-corrected chi connectivity index (χ0v) is 11.9. The van der Waals surface area contributed by atoms with E-state index in [9.17, 15) is 4.79 Å². The molecule has 0 aliphatic carbocycles. The number of hydrogen-bond acceptors (Lipinski definition) is 5. The zero-order chi connectivity index (χ0) is 14.3. The van der Waals surface area contributed by atoms with Crippen LogP contribution in [0, 0.1) is 0 Å². The van der Waals surface area contributed by atoms with E-state index < -0.39 is 5.54 Å². The number of carbonyl (C=O) groups excluding carboxylic acids is 1. The molecule has 1 rings (SSSR count). The van der Waals surface area contributed by atoms with Crippen LogP contribution in [0.2, 0.25) is 0 Å². The molecule has 0 saturated carbocycles. The molecule has 0 aromatic heterocycles. The van der Waals surface area contributed by atoms with E-state index in [1.165, 1.54) is 0 Å². The Balaban J connectivity index is 2.84. The van der Waals surface area contributed by atoms with Crippen molar-refractivity contribution in [2.45, 2.75) is 19.4 Å². The molecular weight excluding hydrogens is 246 g/mol. The first kappa shape index (κ1) is 15.3. The van der Waals surface area contributed by atoms with Crippen LogP contribution >= 0.6 is 0 Å². The molecule has 1 atom stereocenters. The van der Waals surface area contributed by atoms with E-state index in [1.807, 2.05) is 24.3 Å². The zero-order valence-electron chi connectivity index (χ0n) is 11.9. The van der Waals surface area contributed by atoms with Gasteiger partial charge in [-0.2, -0.15) is 0 Å². The number of hydrogen-bond donors (Lipinski definition) is 1. The van der Waals surface area contributed by atoms with Crippen molar-refractivity contribution in [3.8, 4) is 5.75 Å². The van der Waals surface area contributed by atoms with E-state index in [-0.39, 0.29) is 12.6 Å². The lowest BCUT2D eigenvalue weighted by Crippen LogP contribution is -2.48. The number of esters is 1. The van der Waals surface area contributed by atoms with Gasteiger partial charge in [0.1, 0.15) is 5.75 Å². The Hall–Kier alpha value is -1.75. The van der Waals surface area contributed by atoms with Crippen molar-refractivity contribution in [2.24, 2.45) is 0 Å². The van der Waals surface area contributed by atoms with Gasteiger partial charge in [0.25, 0.3) is 0 Å². The van der Waals surface area contributed by atoms with Gasteiger partial charge in [0, 0.05) is 12.8 Å². The first-order valence-corrected chi connectivity index (χ1v) is 6.14. The van der Waals surface area contributed by atoms with E-state index in [2.05, 4.69) is 5.32 Å². The average Bonchev–Trinajstić information content (AvgIpc) is 2.40. The van der Waals surface area contributed by atoms with E-state index in [0.717, 1.165) is 11.4 Å². The van der Waals surface area contributed by atoms with Gasteiger partial charge in [-0.15, -0.1) is 0 Å². The third-order valence-electron chi connectivity index (χ3n) is 2.67. The highest BCUT2D eigenvalue weighted by molar-refractivity contribution is 5.84. The van der Waals surface area contributed by atoms with Crippen LogP contribution in [0.3, 0.4) is 0 Å². The summed E-state index contributed by atoms with van der Waals surface area (Å²) in [6, 6.07) is 7.32. The topological polar surface area (TPSA) is 56.8 Å². The minimum atomic E-state index is -0.917. The van der Waals surface area contributed by atoms with Crippen LogP contribution in [0.25, 0.3) is 0 Å². The summed E-state index contributed by atoms with van der Waals surface area (Å²) in [5, 5.41) is 3.14. The second-order valence-electron chi connectivity index (χ2n) is 4.34. The fraction of sp³-hybridized carbons (Fsp3) is 0.500. The molecular formula is C14H21NO4. The quantitative estimate of drug-likeness (QED) is 0.766. The maximum atomic E-state index is 12.0. The van der Waals surface area contributed by atoms with E-state index in [1.54, 1.807) is 28.1 Å². The van der Waals surface area contributed by atoms with Gasteiger partial charge in [0.15, 0.2) is 5.54 Å². The molecule has 1 aromatic rings. The SMILES string of the molecule is CCOC(=O)C(C)(COC)Nc1ccc(OC)cc1. The molecule has 5 nitrogen and oxygen atoms in total. The predicted molar refractivity (Wildman–Crippen MR) is 73.5 cm³/mol. The molecule has 0 aliphatic heterocycles. The summed E-state index contributed by atoms with van der Waals surface area (Å²) in [4.78, 5) is 12.0. The number of ether oxygens (including phenoxy) is 3.